The second-order valence-electron chi connectivity index (χ2n) is 7.57. The lowest BCUT2D eigenvalue weighted by Crippen LogP contribution is -2.55. The average molecular weight is 372 g/mol. The van der Waals surface area contributed by atoms with Gasteiger partial charge >= 0.3 is 0 Å². The number of amides is 1. The molecule has 2 aliphatic rings. The summed E-state index contributed by atoms with van der Waals surface area (Å²) in [6.45, 7) is 5.12. The Labute approximate surface area is 158 Å². The van der Waals surface area contributed by atoms with E-state index in [0.717, 1.165) is 50.4 Å². The van der Waals surface area contributed by atoms with Gasteiger partial charge in [-0.1, -0.05) is 6.07 Å². The Balaban J connectivity index is 1.45. The number of carbonyl (C=O) groups excluding carboxylic acids is 1. The zero-order valence-corrected chi connectivity index (χ0v) is 15.6. The van der Waals surface area contributed by atoms with Crippen molar-refractivity contribution >= 4 is 11.6 Å². The summed E-state index contributed by atoms with van der Waals surface area (Å²) >= 11 is 0. The van der Waals surface area contributed by atoms with Crippen molar-refractivity contribution in [3.8, 4) is 0 Å². The molecule has 1 amide bonds. The highest BCUT2D eigenvalue weighted by molar-refractivity contribution is 5.95. The number of ether oxygens (including phenoxy) is 1. The highest BCUT2D eigenvalue weighted by Crippen LogP contribution is 2.33. The van der Waals surface area contributed by atoms with Crippen molar-refractivity contribution in [3.05, 3.63) is 53.7 Å². The fourth-order valence-corrected chi connectivity index (χ4v) is 4.07. The summed E-state index contributed by atoms with van der Waals surface area (Å²) in [6.07, 6.45) is 2.72. The van der Waals surface area contributed by atoms with E-state index >= 15 is 0 Å². The maximum atomic E-state index is 13.6. The molecule has 27 heavy (non-hydrogen) atoms. The minimum Gasteiger partial charge on any atom is -0.465 e. The first kappa shape index (κ1) is 18.2. The van der Waals surface area contributed by atoms with E-state index < -0.39 is 0 Å². The van der Waals surface area contributed by atoms with Crippen LogP contribution >= 0.6 is 0 Å². The monoisotopic (exact) mass is 372 g/mol. The number of benzene rings is 1. The SMILES string of the molecule is Cc1ccc(CN2CCCC3(CC2)CN(c2cccc(F)c2)C(=O)CO3)o1. The number of anilines is 1. The van der Waals surface area contributed by atoms with Gasteiger partial charge in [0, 0.05) is 12.2 Å². The highest BCUT2D eigenvalue weighted by atomic mass is 19.1. The molecule has 1 unspecified atom stereocenters. The van der Waals surface area contributed by atoms with Crippen molar-refractivity contribution < 1.29 is 18.3 Å². The molecular formula is C21H25FN2O3. The Morgan fingerprint density at radius 3 is 2.85 bits per heavy atom. The van der Waals surface area contributed by atoms with E-state index in [9.17, 15) is 9.18 Å². The molecule has 1 aromatic heterocycles. The van der Waals surface area contributed by atoms with Crippen LogP contribution in [0.15, 0.2) is 40.8 Å². The van der Waals surface area contributed by atoms with Crippen LogP contribution in [-0.4, -0.2) is 42.6 Å². The molecule has 0 bridgehead atoms. The molecular weight excluding hydrogens is 347 g/mol. The second kappa shape index (κ2) is 7.44. The topological polar surface area (TPSA) is 45.9 Å². The third kappa shape index (κ3) is 4.06. The smallest absolute Gasteiger partial charge is 0.253 e. The Morgan fingerprint density at radius 2 is 2.07 bits per heavy atom. The van der Waals surface area contributed by atoms with Crippen LogP contribution in [0.2, 0.25) is 0 Å². The van der Waals surface area contributed by atoms with Gasteiger partial charge in [-0.15, -0.1) is 0 Å². The zero-order valence-electron chi connectivity index (χ0n) is 15.6. The van der Waals surface area contributed by atoms with E-state index in [1.807, 2.05) is 19.1 Å². The number of morpholine rings is 1. The number of carbonyl (C=O) groups is 1. The van der Waals surface area contributed by atoms with Gasteiger partial charge in [0.15, 0.2) is 0 Å². The summed E-state index contributed by atoms with van der Waals surface area (Å²) in [4.78, 5) is 16.4. The molecule has 6 heteroatoms. The number of hydrogen-bond donors (Lipinski definition) is 0. The predicted molar refractivity (Wildman–Crippen MR) is 100 cm³/mol. The Bertz CT molecular complexity index is 821. The van der Waals surface area contributed by atoms with Crippen molar-refractivity contribution in [2.24, 2.45) is 0 Å². The molecule has 3 heterocycles. The highest BCUT2D eigenvalue weighted by Gasteiger charge is 2.41. The summed E-state index contributed by atoms with van der Waals surface area (Å²) < 4.78 is 25.4. The summed E-state index contributed by atoms with van der Waals surface area (Å²) in [6, 6.07) is 10.2. The lowest BCUT2D eigenvalue weighted by atomic mass is 9.92. The molecule has 2 aliphatic heterocycles. The van der Waals surface area contributed by atoms with Gasteiger partial charge in [0.05, 0.1) is 18.7 Å². The molecule has 1 atom stereocenters. The van der Waals surface area contributed by atoms with Gasteiger partial charge in [-0.2, -0.15) is 0 Å². The van der Waals surface area contributed by atoms with Crippen LogP contribution in [0.3, 0.4) is 0 Å². The van der Waals surface area contributed by atoms with Gasteiger partial charge in [0.25, 0.3) is 5.91 Å². The number of furan rings is 1. The quantitative estimate of drug-likeness (QED) is 0.827. The number of halogens is 1. The minimum atomic E-state index is -0.367. The number of hydrogen-bond acceptors (Lipinski definition) is 4. The van der Waals surface area contributed by atoms with Gasteiger partial charge in [0.2, 0.25) is 0 Å². The van der Waals surface area contributed by atoms with Gasteiger partial charge in [0.1, 0.15) is 23.9 Å². The standard InChI is InChI=1S/C21H25FN2O3/c1-16-6-7-19(27-16)13-23-10-3-8-21(9-11-23)15-24(20(25)14-26-21)18-5-2-4-17(22)12-18/h2,4-7,12H,3,8-11,13-15H2,1H3. The number of rotatable bonds is 3. The van der Waals surface area contributed by atoms with Crippen molar-refractivity contribution in [3.63, 3.8) is 0 Å². The molecule has 4 rings (SSSR count). The normalized spacial score (nSPS) is 24.4. The first-order valence-corrected chi connectivity index (χ1v) is 9.51. The fourth-order valence-electron chi connectivity index (χ4n) is 4.07. The third-order valence-electron chi connectivity index (χ3n) is 5.53. The van der Waals surface area contributed by atoms with Crippen molar-refractivity contribution in [2.45, 2.75) is 38.3 Å². The molecule has 5 nitrogen and oxygen atoms in total. The summed E-state index contributed by atoms with van der Waals surface area (Å²) in [5.74, 6) is 1.46. The molecule has 0 radical (unpaired) electrons. The lowest BCUT2D eigenvalue weighted by molar-refractivity contribution is -0.140. The number of aryl methyl sites for hydroxylation is 1. The Morgan fingerprint density at radius 1 is 1.19 bits per heavy atom. The summed E-state index contributed by atoms with van der Waals surface area (Å²) in [7, 11) is 0. The van der Waals surface area contributed by atoms with E-state index in [0.29, 0.717) is 12.2 Å². The van der Waals surface area contributed by atoms with Gasteiger partial charge in [-0.3, -0.25) is 9.69 Å². The largest absolute Gasteiger partial charge is 0.465 e. The first-order valence-electron chi connectivity index (χ1n) is 9.51. The minimum absolute atomic E-state index is 0.0495. The second-order valence-corrected chi connectivity index (χ2v) is 7.57. The van der Waals surface area contributed by atoms with E-state index in [1.54, 1.807) is 17.0 Å². The van der Waals surface area contributed by atoms with Crippen LogP contribution in [0.5, 0.6) is 0 Å². The Hall–Kier alpha value is -2.18. The molecule has 1 spiro atoms. The van der Waals surface area contributed by atoms with Crippen LogP contribution in [0, 0.1) is 12.7 Å². The maximum Gasteiger partial charge on any atom is 0.253 e. The summed E-state index contributed by atoms with van der Waals surface area (Å²) in [5, 5.41) is 0. The van der Waals surface area contributed by atoms with E-state index in [2.05, 4.69) is 4.90 Å². The third-order valence-corrected chi connectivity index (χ3v) is 5.53. The molecule has 0 aliphatic carbocycles. The number of nitrogens with zero attached hydrogens (tertiary/aromatic N) is 2. The van der Waals surface area contributed by atoms with Gasteiger partial charge in [-0.25, -0.2) is 4.39 Å². The van der Waals surface area contributed by atoms with Crippen molar-refractivity contribution in [2.75, 3.05) is 31.1 Å². The lowest BCUT2D eigenvalue weighted by Gasteiger charge is -2.42. The summed E-state index contributed by atoms with van der Waals surface area (Å²) in [5.41, 5.74) is 0.239. The molecule has 144 valence electrons. The van der Waals surface area contributed by atoms with E-state index in [4.69, 9.17) is 9.15 Å². The van der Waals surface area contributed by atoms with E-state index in [1.165, 1.54) is 12.1 Å². The molecule has 0 saturated carbocycles. The van der Waals surface area contributed by atoms with Gasteiger partial charge in [-0.05, 0) is 63.1 Å². The molecule has 0 N–H and O–H groups in total. The van der Waals surface area contributed by atoms with Gasteiger partial charge < -0.3 is 14.1 Å². The molecule has 2 aromatic rings. The van der Waals surface area contributed by atoms with Crippen molar-refractivity contribution in [1.82, 2.24) is 4.90 Å². The Kier molecular flexibility index (Phi) is 5.02. The molecule has 1 aromatic carbocycles. The molecule has 2 fully saturated rings. The van der Waals surface area contributed by atoms with Crippen LogP contribution in [0.25, 0.3) is 0 Å². The number of likely N-dealkylation sites (tertiary alicyclic amines) is 1. The maximum absolute atomic E-state index is 13.6. The average Bonchev–Trinajstić information content (AvgIpc) is 2.96. The molecule has 2 saturated heterocycles. The van der Waals surface area contributed by atoms with Crippen LogP contribution in [0.4, 0.5) is 10.1 Å². The zero-order chi connectivity index (χ0) is 18.9. The van der Waals surface area contributed by atoms with Crippen LogP contribution < -0.4 is 4.90 Å². The first-order chi connectivity index (χ1) is 13.0. The van der Waals surface area contributed by atoms with Crippen LogP contribution in [0.1, 0.15) is 30.8 Å². The van der Waals surface area contributed by atoms with E-state index in [-0.39, 0.29) is 23.9 Å². The fraction of sp³-hybridized carbons (Fsp3) is 0.476. The predicted octanol–water partition coefficient (Wildman–Crippen LogP) is 3.52. The van der Waals surface area contributed by atoms with Crippen LogP contribution in [-0.2, 0) is 16.1 Å². The van der Waals surface area contributed by atoms with Crippen molar-refractivity contribution in [1.29, 1.82) is 0 Å².